The van der Waals surface area contributed by atoms with Crippen LogP contribution < -0.4 is 10.6 Å². The first kappa shape index (κ1) is 21.9. The Labute approximate surface area is 185 Å². The summed E-state index contributed by atoms with van der Waals surface area (Å²) in [5.41, 5.74) is 2.05. The van der Waals surface area contributed by atoms with Gasteiger partial charge in [0.1, 0.15) is 6.04 Å². The van der Waals surface area contributed by atoms with Crippen molar-refractivity contribution >= 4 is 35.0 Å². The molecule has 1 aromatic heterocycles. The van der Waals surface area contributed by atoms with E-state index in [9.17, 15) is 9.59 Å². The summed E-state index contributed by atoms with van der Waals surface area (Å²) in [5, 5.41) is 10.6. The molecule has 2 aromatic carbocycles. The second-order valence-electron chi connectivity index (χ2n) is 7.17. The van der Waals surface area contributed by atoms with Gasteiger partial charge in [-0.05, 0) is 36.2 Å². The highest BCUT2D eigenvalue weighted by Crippen LogP contribution is 2.21. The van der Waals surface area contributed by atoms with Crippen LogP contribution in [-0.2, 0) is 11.3 Å². The molecule has 0 saturated carbocycles. The van der Waals surface area contributed by atoms with E-state index in [-0.39, 0.29) is 22.4 Å². The minimum absolute atomic E-state index is 0.118. The van der Waals surface area contributed by atoms with Crippen molar-refractivity contribution in [3.8, 4) is 5.69 Å². The van der Waals surface area contributed by atoms with E-state index in [0.717, 1.165) is 11.3 Å². The molecular weight excluding hydrogens is 423 g/mol. The maximum absolute atomic E-state index is 12.7. The molecule has 1 atom stereocenters. The first-order chi connectivity index (χ1) is 14.3. The van der Waals surface area contributed by atoms with Crippen molar-refractivity contribution in [3.05, 3.63) is 82.1 Å². The van der Waals surface area contributed by atoms with Crippen molar-refractivity contribution < 1.29 is 9.59 Å². The number of carbonyl (C=O) groups is 2. The Morgan fingerprint density at radius 2 is 1.83 bits per heavy atom. The molecule has 30 heavy (non-hydrogen) atoms. The Hall–Kier alpha value is -2.83. The zero-order chi connectivity index (χ0) is 21.7. The first-order valence-corrected chi connectivity index (χ1v) is 10.2. The third kappa shape index (κ3) is 5.40. The van der Waals surface area contributed by atoms with E-state index < -0.39 is 11.9 Å². The topological polar surface area (TPSA) is 76.0 Å². The maximum Gasteiger partial charge on any atom is 0.253 e. The smallest absolute Gasteiger partial charge is 0.253 e. The number of carbonyl (C=O) groups excluding carboxylic acids is 2. The number of benzene rings is 2. The van der Waals surface area contributed by atoms with Gasteiger partial charge in [0.05, 0.1) is 22.5 Å². The van der Waals surface area contributed by atoms with Crippen molar-refractivity contribution in [1.29, 1.82) is 0 Å². The second-order valence-corrected chi connectivity index (χ2v) is 8.01. The fourth-order valence-electron chi connectivity index (χ4n) is 2.90. The average Bonchev–Trinajstić information content (AvgIpc) is 3.19. The van der Waals surface area contributed by atoms with E-state index in [1.165, 1.54) is 12.1 Å². The molecule has 1 unspecified atom stereocenters. The van der Waals surface area contributed by atoms with Crippen LogP contribution >= 0.6 is 23.2 Å². The number of halogens is 2. The molecule has 6 nitrogen and oxygen atoms in total. The molecule has 8 heteroatoms. The summed E-state index contributed by atoms with van der Waals surface area (Å²) in [6.45, 7) is 4.02. The van der Waals surface area contributed by atoms with E-state index in [4.69, 9.17) is 23.2 Å². The maximum atomic E-state index is 12.7. The minimum atomic E-state index is -0.714. The normalized spacial score (nSPS) is 11.9. The van der Waals surface area contributed by atoms with Crippen LogP contribution in [0.5, 0.6) is 0 Å². The highest BCUT2D eigenvalue weighted by atomic mass is 35.5. The fourth-order valence-corrected chi connectivity index (χ4v) is 3.39. The van der Waals surface area contributed by atoms with Crippen molar-refractivity contribution in [2.45, 2.75) is 26.4 Å². The van der Waals surface area contributed by atoms with E-state index in [1.807, 2.05) is 50.4 Å². The molecule has 2 N–H and O–H groups in total. The first-order valence-electron chi connectivity index (χ1n) is 9.47. The van der Waals surface area contributed by atoms with Crippen molar-refractivity contribution in [3.63, 3.8) is 0 Å². The standard InChI is InChI=1S/C22H22Cl2N4O2/c1-14(2)20(27-21(29)18-9-8-16(23)10-19(18)24)22(30)25-11-15-12-26-28(13-15)17-6-4-3-5-7-17/h3-10,12-14,20H,11H2,1-2H3,(H,25,30)(H,27,29). The summed E-state index contributed by atoms with van der Waals surface area (Å²) < 4.78 is 1.74. The van der Waals surface area contributed by atoms with Crippen LogP contribution in [0.2, 0.25) is 10.0 Å². The fraction of sp³-hybridized carbons (Fsp3) is 0.227. The van der Waals surface area contributed by atoms with E-state index in [0.29, 0.717) is 11.6 Å². The lowest BCUT2D eigenvalue weighted by Gasteiger charge is -2.22. The molecule has 2 amide bonds. The van der Waals surface area contributed by atoms with Crippen LogP contribution in [0.4, 0.5) is 0 Å². The van der Waals surface area contributed by atoms with Gasteiger partial charge in [-0.1, -0.05) is 55.2 Å². The number of aromatic nitrogens is 2. The molecule has 0 aliphatic heterocycles. The molecule has 0 saturated heterocycles. The number of hydrogen-bond acceptors (Lipinski definition) is 3. The number of hydrogen-bond donors (Lipinski definition) is 2. The Kier molecular flexibility index (Phi) is 7.13. The third-order valence-corrected chi connectivity index (χ3v) is 5.08. The second kappa shape index (κ2) is 9.78. The molecule has 3 aromatic rings. The van der Waals surface area contributed by atoms with Gasteiger partial charge in [0.2, 0.25) is 5.91 Å². The van der Waals surface area contributed by atoms with Gasteiger partial charge >= 0.3 is 0 Å². The predicted octanol–water partition coefficient (Wildman–Crippen LogP) is 4.25. The van der Waals surface area contributed by atoms with Gasteiger partial charge in [-0.3, -0.25) is 9.59 Å². The lowest BCUT2D eigenvalue weighted by atomic mass is 10.0. The van der Waals surface area contributed by atoms with E-state index in [1.54, 1.807) is 16.9 Å². The van der Waals surface area contributed by atoms with Gasteiger partial charge < -0.3 is 10.6 Å². The molecular formula is C22H22Cl2N4O2. The van der Waals surface area contributed by atoms with Gasteiger partial charge in [0.15, 0.2) is 0 Å². The van der Waals surface area contributed by atoms with Crippen molar-refractivity contribution in [1.82, 2.24) is 20.4 Å². The highest BCUT2D eigenvalue weighted by Gasteiger charge is 2.25. The van der Waals surface area contributed by atoms with Crippen LogP contribution in [0, 0.1) is 5.92 Å². The predicted molar refractivity (Wildman–Crippen MR) is 118 cm³/mol. The van der Waals surface area contributed by atoms with Crippen LogP contribution in [0.3, 0.4) is 0 Å². The molecule has 0 bridgehead atoms. The van der Waals surface area contributed by atoms with Crippen LogP contribution in [0.1, 0.15) is 29.8 Å². The van der Waals surface area contributed by atoms with Crippen LogP contribution in [0.25, 0.3) is 5.69 Å². The SMILES string of the molecule is CC(C)C(NC(=O)c1ccc(Cl)cc1Cl)C(=O)NCc1cnn(-c2ccccc2)c1. The number of rotatable bonds is 7. The summed E-state index contributed by atoms with van der Waals surface area (Å²) in [4.78, 5) is 25.3. The summed E-state index contributed by atoms with van der Waals surface area (Å²) in [6, 6.07) is 13.6. The lowest BCUT2D eigenvalue weighted by molar-refractivity contribution is -0.124. The Morgan fingerprint density at radius 3 is 2.50 bits per heavy atom. The summed E-state index contributed by atoms with van der Waals surface area (Å²) in [7, 11) is 0. The molecule has 0 spiro atoms. The number of nitrogens with zero attached hydrogens (tertiary/aromatic N) is 2. The zero-order valence-electron chi connectivity index (χ0n) is 16.6. The van der Waals surface area contributed by atoms with Gasteiger partial charge in [-0.15, -0.1) is 0 Å². The van der Waals surface area contributed by atoms with Gasteiger partial charge in [-0.25, -0.2) is 4.68 Å². The molecule has 1 heterocycles. The molecule has 0 radical (unpaired) electrons. The summed E-state index contributed by atoms with van der Waals surface area (Å²) in [6.07, 6.45) is 3.55. The molecule has 156 valence electrons. The monoisotopic (exact) mass is 444 g/mol. The van der Waals surface area contributed by atoms with Crippen LogP contribution in [0.15, 0.2) is 60.9 Å². The molecule has 0 aliphatic carbocycles. The van der Waals surface area contributed by atoms with E-state index >= 15 is 0 Å². The highest BCUT2D eigenvalue weighted by molar-refractivity contribution is 6.36. The van der Waals surface area contributed by atoms with Crippen molar-refractivity contribution in [2.24, 2.45) is 5.92 Å². The largest absolute Gasteiger partial charge is 0.350 e. The lowest BCUT2D eigenvalue weighted by Crippen LogP contribution is -2.49. The number of amides is 2. The summed E-state index contributed by atoms with van der Waals surface area (Å²) in [5.74, 6) is -0.828. The Balaban J connectivity index is 1.63. The zero-order valence-corrected chi connectivity index (χ0v) is 18.1. The Morgan fingerprint density at radius 1 is 1.10 bits per heavy atom. The molecule has 3 rings (SSSR count). The molecule has 0 fully saturated rings. The quantitative estimate of drug-likeness (QED) is 0.571. The molecule has 0 aliphatic rings. The van der Waals surface area contributed by atoms with Gasteiger partial charge in [0, 0.05) is 23.3 Å². The van der Waals surface area contributed by atoms with Crippen molar-refractivity contribution in [2.75, 3.05) is 0 Å². The summed E-state index contributed by atoms with van der Waals surface area (Å²) >= 11 is 12.0. The number of nitrogens with one attached hydrogen (secondary N) is 2. The van der Waals surface area contributed by atoms with E-state index in [2.05, 4.69) is 15.7 Å². The van der Waals surface area contributed by atoms with Gasteiger partial charge in [0.25, 0.3) is 5.91 Å². The van der Waals surface area contributed by atoms with Crippen LogP contribution in [-0.4, -0.2) is 27.6 Å². The Bertz CT molecular complexity index is 1030. The third-order valence-electron chi connectivity index (χ3n) is 4.54. The van der Waals surface area contributed by atoms with Gasteiger partial charge in [-0.2, -0.15) is 5.10 Å². The minimum Gasteiger partial charge on any atom is -0.350 e. The average molecular weight is 445 g/mol. The number of para-hydroxylation sites is 1.